The number of nitrogens with zero attached hydrogens (tertiary/aromatic N) is 3. The van der Waals surface area contributed by atoms with Crippen LogP contribution in [0.25, 0.3) is 0 Å². The number of amidine groups is 1. The van der Waals surface area contributed by atoms with Crippen LogP contribution in [0.15, 0.2) is 23.5 Å². The van der Waals surface area contributed by atoms with Gasteiger partial charge in [-0.3, -0.25) is 0 Å². The summed E-state index contributed by atoms with van der Waals surface area (Å²) in [6, 6.07) is 3.62. The van der Waals surface area contributed by atoms with Crippen molar-refractivity contribution in [3.05, 3.63) is 23.9 Å². The maximum atomic E-state index is 8.66. The van der Waals surface area contributed by atoms with Crippen molar-refractivity contribution < 1.29 is 5.21 Å². The Bertz CT molecular complexity index is 397. The fourth-order valence-electron chi connectivity index (χ4n) is 2.11. The van der Waals surface area contributed by atoms with Crippen molar-refractivity contribution in [1.82, 2.24) is 4.98 Å². The summed E-state index contributed by atoms with van der Waals surface area (Å²) in [7, 11) is 0. The number of oxime groups is 1. The number of nitrogens with two attached hydrogens (primary N) is 1. The highest BCUT2D eigenvalue weighted by molar-refractivity contribution is 5.97. The van der Waals surface area contributed by atoms with Gasteiger partial charge in [0.25, 0.3) is 0 Å². The second-order valence-corrected chi connectivity index (χ2v) is 4.29. The normalized spacial score (nSPS) is 17.9. The quantitative estimate of drug-likeness (QED) is 0.352. The second-order valence-electron chi connectivity index (χ2n) is 4.29. The Kier molecular flexibility index (Phi) is 3.80. The molecule has 1 fully saturated rings. The summed E-state index contributed by atoms with van der Waals surface area (Å²) in [6.45, 7) is 2.07. The molecule has 2 heterocycles. The molecule has 2 rings (SSSR count). The summed E-state index contributed by atoms with van der Waals surface area (Å²) < 4.78 is 0. The van der Waals surface area contributed by atoms with Crippen LogP contribution in [0.2, 0.25) is 0 Å². The van der Waals surface area contributed by atoms with Gasteiger partial charge in [0.05, 0.1) is 0 Å². The first-order chi connectivity index (χ1) is 8.31. The van der Waals surface area contributed by atoms with E-state index in [1.807, 2.05) is 6.07 Å². The van der Waals surface area contributed by atoms with E-state index in [-0.39, 0.29) is 5.84 Å². The van der Waals surface area contributed by atoms with Crippen LogP contribution in [-0.4, -0.2) is 29.1 Å². The molecule has 0 atom stereocenters. The average Bonchev–Trinajstić information content (AvgIpc) is 2.67. The highest BCUT2D eigenvalue weighted by atomic mass is 16.4. The molecule has 0 unspecified atom stereocenters. The summed E-state index contributed by atoms with van der Waals surface area (Å²) in [5, 5.41) is 11.7. The summed E-state index contributed by atoms with van der Waals surface area (Å²) in [5.74, 6) is 1.04. The lowest BCUT2D eigenvalue weighted by molar-refractivity contribution is 0.318. The summed E-state index contributed by atoms with van der Waals surface area (Å²) in [4.78, 5) is 6.62. The summed E-state index contributed by atoms with van der Waals surface area (Å²) >= 11 is 0. The van der Waals surface area contributed by atoms with Crippen molar-refractivity contribution in [2.45, 2.75) is 25.7 Å². The van der Waals surface area contributed by atoms with Gasteiger partial charge in [0.2, 0.25) is 0 Å². The number of pyridine rings is 1. The van der Waals surface area contributed by atoms with Gasteiger partial charge in [-0.25, -0.2) is 4.98 Å². The van der Waals surface area contributed by atoms with E-state index in [2.05, 4.69) is 15.0 Å². The van der Waals surface area contributed by atoms with E-state index in [1.54, 1.807) is 12.3 Å². The molecular weight excluding hydrogens is 216 g/mol. The molecule has 0 aromatic carbocycles. The Morgan fingerprint density at radius 1 is 1.29 bits per heavy atom. The highest BCUT2D eigenvalue weighted by Gasteiger charge is 2.12. The molecule has 1 saturated heterocycles. The van der Waals surface area contributed by atoms with E-state index >= 15 is 0 Å². The van der Waals surface area contributed by atoms with Gasteiger partial charge in [0.15, 0.2) is 5.84 Å². The van der Waals surface area contributed by atoms with Crippen molar-refractivity contribution >= 4 is 11.7 Å². The molecule has 0 spiro atoms. The van der Waals surface area contributed by atoms with E-state index in [1.165, 1.54) is 25.7 Å². The highest BCUT2D eigenvalue weighted by Crippen LogP contribution is 2.18. The molecule has 3 N–H and O–H groups in total. The standard InChI is InChI=1S/C12H18N4O/c13-12(15-17)10-5-6-14-11(9-10)16-7-3-1-2-4-8-16/h5-6,9,17H,1-4,7-8H2,(H2,13,15). The molecule has 0 bridgehead atoms. The van der Waals surface area contributed by atoms with Crippen molar-refractivity contribution in [3.8, 4) is 0 Å². The Morgan fingerprint density at radius 3 is 2.65 bits per heavy atom. The largest absolute Gasteiger partial charge is 0.409 e. The Balaban J connectivity index is 2.19. The van der Waals surface area contributed by atoms with Crippen LogP contribution in [0, 0.1) is 0 Å². The van der Waals surface area contributed by atoms with Gasteiger partial charge in [0, 0.05) is 24.8 Å². The van der Waals surface area contributed by atoms with Crippen LogP contribution < -0.4 is 10.6 Å². The fraction of sp³-hybridized carbons (Fsp3) is 0.500. The smallest absolute Gasteiger partial charge is 0.170 e. The zero-order valence-corrected chi connectivity index (χ0v) is 9.84. The lowest BCUT2D eigenvalue weighted by atomic mass is 10.2. The van der Waals surface area contributed by atoms with Gasteiger partial charge in [-0.15, -0.1) is 0 Å². The van der Waals surface area contributed by atoms with Crippen LogP contribution >= 0.6 is 0 Å². The Morgan fingerprint density at radius 2 is 2.00 bits per heavy atom. The van der Waals surface area contributed by atoms with E-state index < -0.39 is 0 Å². The fourth-order valence-corrected chi connectivity index (χ4v) is 2.11. The van der Waals surface area contributed by atoms with Crippen LogP contribution in [-0.2, 0) is 0 Å². The zero-order valence-electron chi connectivity index (χ0n) is 9.84. The van der Waals surface area contributed by atoms with Gasteiger partial charge in [-0.2, -0.15) is 0 Å². The minimum absolute atomic E-state index is 0.128. The summed E-state index contributed by atoms with van der Waals surface area (Å²) in [5.41, 5.74) is 6.29. The molecule has 5 nitrogen and oxygen atoms in total. The molecule has 1 aromatic rings. The predicted octanol–water partition coefficient (Wildman–Crippen LogP) is 1.56. The molecule has 0 saturated carbocycles. The van der Waals surface area contributed by atoms with Crippen molar-refractivity contribution in [2.75, 3.05) is 18.0 Å². The van der Waals surface area contributed by atoms with Gasteiger partial charge in [-0.1, -0.05) is 18.0 Å². The van der Waals surface area contributed by atoms with Gasteiger partial charge in [-0.05, 0) is 25.0 Å². The average molecular weight is 234 g/mol. The summed E-state index contributed by atoms with van der Waals surface area (Å²) in [6.07, 6.45) is 6.69. The molecule has 0 aliphatic carbocycles. The molecule has 1 aliphatic heterocycles. The molecule has 1 aliphatic rings. The lowest BCUT2D eigenvalue weighted by Gasteiger charge is -2.21. The third-order valence-corrected chi connectivity index (χ3v) is 3.08. The third kappa shape index (κ3) is 2.87. The van der Waals surface area contributed by atoms with E-state index in [0.29, 0.717) is 5.56 Å². The monoisotopic (exact) mass is 234 g/mol. The minimum Gasteiger partial charge on any atom is -0.409 e. The van der Waals surface area contributed by atoms with E-state index in [0.717, 1.165) is 18.9 Å². The van der Waals surface area contributed by atoms with Crippen LogP contribution in [0.1, 0.15) is 31.2 Å². The molecular formula is C12H18N4O. The van der Waals surface area contributed by atoms with Gasteiger partial charge >= 0.3 is 0 Å². The number of hydrogen-bond donors (Lipinski definition) is 2. The van der Waals surface area contributed by atoms with Crippen LogP contribution in [0.4, 0.5) is 5.82 Å². The zero-order chi connectivity index (χ0) is 12.1. The molecule has 17 heavy (non-hydrogen) atoms. The predicted molar refractivity (Wildman–Crippen MR) is 67.4 cm³/mol. The van der Waals surface area contributed by atoms with Crippen molar-refractivity contribution in [1.29, 1.82) is 0 Å². The maximum absolute atomic E-state index is 8.66. The Labute approximate surface area is 101 Å². The first kappa shape index (κ1) is 11.7. The van der Waals surface area contributed by atoms with Gasteiger partial charge in [0.1, 0.15) is 5.82 Å². The van der Waals surface area contributed by atoms with Crippen LogP contribution in [0.3, 0.4) is 0 Å². The molecule has 1 aromatic heterocycles. The topological polar surface area (TPSA) is 74.7 Å². The Hall–Kier alpha value is -1.78. The SMILES string of the molecule is N/C(=N\O)c1ccnc(N2CCCCCC2)c1. The maximum Gasteiger partial charge on any atom is 0.170 e. The molecule has 92 valence electrons. The number of anilines is 1. The molecule has 0 amide bonds. The lowest BCUT2D eigenvalue weighted by Crippen LogP contribution is -2.25. The molecule has 5 heteroatoms. The van der Waals surface area contributed by atoms with Crippen molar-refractivity contribution in [3.63, 3.8) is 0 Å². The van der Waals surface area contributed by atoms with Crippen LogP contribution in [0.5, 0.6) is 0 Å². The first-order valence-corrected chi connectivity index (χ1v) is 6.00. The minimum atomic E-state index is 0.128. The number of hydrogen-bond acceptors (Lipinski definition) is 4. The number of aromatic nitrogens is 1. The third-order valence-electron chi connectivity index (χ3n) is 3.08. The van der Waals surface area contributed by atoms with Crippen molar-refractivity contribution in [2.24, 2.45) is 10.9 Å². The first-order valence-electron chi connectivity index (χ1n) is 6.00. The number of rotatable bonds is 2. The van der Waals surface area contributed by atoms with E-state index in [4.69, 9.17) is 10.9 Å². The molecule has 0 radical (unpaired) electrons. The second kappa shape index (κ2) is 5.52. The van der Waals surface area contributed by atoms with Gasteiger partial charge < -0.3 is 15.8 Å². The van der Waals surface area contributed by atoms with E-state index in [9.17, 15) is 0 Å².